The molecule has 0 unspecified atom stereocenters. The summed E-state index contributed by atoms with van der Waals surface area (Å²) in [6, 6.07) is 8.63. The summed E-state index contributed by atoms with van der Waals surface area (Å²) in [6.07, 6.45) is 4.01. The lowest BCUT2D eigenvalue weighted by Gasteiger charge is -2.32. The minimum absolute atomic E-state index is 0.0161. The molecule has 0 radical (unpaired) electrons. The van der Waals surface area contributed by atoms with Crippen molar-refractivity contribution in [3.8, 4) is 0 Å². The summed E-state index contributed by atoms with van der Waals surface area (Å²) >= 11 is 0. The van der Waals surface area contributed by atoms with Gasteiger partial charge in [-0.2, -0.15) is 5.10 Å². The van der Waals surface area contributed by atoms with Gasteiger partial charge in [0.25, 0.3) is 11.5 Å². The molecular weight excluding hydrogens is 444 g/mol. The average molecular weight is 483 g/mol. The number of nitrogens with one attached hydrogen (secondary N) is 2. The van der Waals surface area contributed by atoms with E-state index in [0.717, 1.165) is 31.7 Å². The van der Waals surface area contributed by atoms with Gasteiger partial charge in [-0.15, -0.1) is 0 Å². The smallest absolute Gasteiger partial charge is 0.268 e. The number of carbonyl (C=O) groups is 2. The Morgan fingerprint density at radius 1 is 1.09 bits per heavy atom. The van der Waals surface area contributed by atoms with Crippen LogP contribution in [0.25, 0.3) is 0 Å². The molecule has 9 heteroatoms. The molecule has 2 heterocycles. The maximum atomic E-state index is 12.8. The van der Waals surface area contributed by atoms with E-state index in [1.54, 1.807) is 36.5 Å². The molecule has 9 nitrogen and oxygen atoms in total. The molecule has 0 bridgehead atoms. The van der Waals surface area contributed by atoms with Crippen molar-refractivity contribution in [1.29, 1.82) is 0 Å². The normalized spacial score (nSPS) is 14.2. The van der Waals surface area contributed by atoms with Crippen molar-refractivity contribution >= 4 is 23.2 Å². The lowest BCUT2D eigenvalue weighted by Crippen LogP contribution is -2.39. The minimum Gasteiger partial charge on any atom is -0.370 e. The monoisotopic (exact) mass is 482 g/mol. The number of aromatic nitrogens is 2. The zero-order chi connectivity index (χ0) is 25.2. The number of piperidine rings is 1. The number of hydrogen-bond acceptors (Lipinski definition) is 6. The van der Waals surface area contributed by atoms with Crippen LogP contribution >= 0.6 is 0 Å². The molecule has 1 saturated heterocycles. The number of amides is 2. The Hall–Kier alpha value is -3.20. The fourth-order valence-corrected chi connectivity index (χ4v) is 4.30. The van der Waals surface area contributed by atoms with Crippen LogP contribution in [0.3, 0.4) is 0 Å². The van der Waals surface area contributed by atoms with Crippen molar-refractivity contribution < 1.29 is 9.59 Å². The van der Waals surface area contributed by atoms with E-state index >= 15 is 0 Å². The Balaban J connectivity index is 1.46. The average Bonchev–Trinajstić information content (AvgIpc) is 2.88. The number of carbonyl (C=O) groups excluding carboxylic acids is 2. The third-order valence-corrected chi connectivity index (χ3v) is 6.54. The number of nitrogens with zero attached hydrogens (tertiary/aromatic N) is 4. The largest absolute Gasteiger partial charge is 0.370 e. The summed E-state index contributed by atoms with van der Waals surface area (Å²) in [5.41, 5.74) is 1.98. The molecule has 0 atom stereocenters. The Morgan fingerprint density at radius 2 is 1.77 bits per heavy atom. The molecule has 35 heavy (non-hydrogen) atoms. The highest BCUT2D eigenvalue weighted by molar-refractivity contribution is 5.96. The van der Waals surface area contributed by atoms with Crippen LogP contribution in [-0.4, -0.2) is 65.8 Å². The van der Waals surface area contributed by atoms with Gasteiger partial charge in [-0.25, -0.2) is 4.68 Å². The van der Waals surface area contributed by atoms with Crippen molar-refractivity contribution in [3.05, 3.63) is 52.4 Å². The number of aryl methyl sites for hydroxylation is 1. The maximum absolute atomic E-state index is 12.8. The van der Waals surface area contributed by atoms with Crippen LogP contribution in [0.15, 0.2) is 41.3 Å². The quantitative estimate of drug-likeness (QED) is 0.511. The molecule has 2 N–H and O–H groups in total. The lowest BCUT2D eigenvalue weighted by molar-refractivity contribution is -0.120. The van der Waals surface area contributed by atoms with Gasteiger partial charge in [0.1, 0.15) is 0 Å². The van der Waals surface area contributed by atoms with Crippen LogP contribution in [-0.2, 0) is 11.3 Å². The molecule has 0 aliphatic carbocycles. The number of rotatable bonds is 11. The van der Waals surface area contributed by atoms with Crippen molar-refractivity contribution in [3.63, 3.8) is 0 Å². The summed E-state index contributed by atoms with van der Waals surface area (Å²) < 4.78 is 1.48. The van der Waals surface area contributed by atoms with Gasteiger partial charge >= 0.3 is 0 Å². The molecule has 1 fully saturated rings. The fourth-order valence-electron chi connectivity index (χ4n) is 4.30. The predicted molar refractivity (Wildman–Crippen MR) is 139 cm³/mol. The molecule has 0 saturated carbocycles. The van der Waals surface area contributed by atoms with E-state index in [1.165, 1.54) is 4.68 Å². The Labute approximate surface area is 207 Å². The molecule has 1 aromatic carbocycles. The van der Waals surface area contributed by atoms with Gasteiger partial charge in [-0.1, -0.05) is 20.8 Å². The maximum Gasteiger partial charge on any atom is 0.268 e. The summed E-state index contributed by atoms with van der Waals surface area (Å²) in [6.45, 7) is 11.6. The molecule has 0 spiro atoms. The molecule has 190 valence electrons. The van der Waals surface area contributed by atoms with Crippen molar-refractivity contribution in [2.24, 2.45) is 5.92 Å². The van der Waals surface area contributed by atoms with E-state index in [9.17, 15) is 14.4 Å². The fraction of sp³-hybridized carbons (Fsp3) is 0.538. The highest BCUT2D eigenvalue weighted by atomic mass is 16.2. The van der Waals surface area contributed by atoms with E-state index in [2.05, 4.69) is 39.4 Å². The van der Waals surface area contributed by atoms with Crippen LogP contribution in [0.1, 0.15) is 50.4 Å². The summed E-state index contributed by atoms with van der Waals surface area (Å²) in [7, 11) is 0. The topological polar surface area (TPSA) is 99.6 Å². The lowest BCUT2D eigenvalue weighted by atomic mass is 9.95. The third kappa shape index (κ3) is 7.39. The van der Waals surface area contributed by atoms with Crippen molar-refractivity contribution in [2.75, 3.05) is 49.5 Å². The van der Waals surface area contributed by atoms with Crippen LogP contribution in [0.2, 0.25) is 0 Å². The van der Waals surface area contributed by atoms with Gasteiger partial charge in [0.05, 0.1) is 11.9 Å². The first-order chi connectivity index (χ1) is 16.9. The number of benzene rings is 1. The first kappa shape index (κ1) is 26.4. The molecule has 1 aromatic heterocycles. The van der Waals surface area contributed by atoms with Crippen LogP contribution < -0.4 is 21.1 Å². The number of anilines is 2. The van der Waals surface area contributed by atoms with Crippen LogP contribution in [0.4, 0.5) is 11.4 Å². The summed E-state index contributed by atoms with van der Waals surface area (Å²) in [5, 5.41) is 10.2. The summed E-state index contributed by atoms with van der Waals surface area (Å²) in [5.74, 6) is -0.223. The van der Waals surface area contributed by atoms with Crippen molar-refractivity contribution in [1.82, 2.24) is 20.0 Å². The third-order valence-electron chi connectivity index (χ3n) is 6.54. The second-order valence-corrected chi connectivity index (χ2v) is 8.89. The Morgan fingerprint density at radius 3 is 2.37 bits per heavy atom. The van der Waals surface area contributed by atoms with Gasteiger partial charge in [0.15, 0.2) is 0 Å². The SMILES string of the molecule is CCCn1ncc(N2CCC(C(=O)Nc3ccc(C(=O)NCCN(CC)CC)cc3)CC2)cc1=O. The van der Waals surface area contributed by atoms with Gasteiger partial charge in [0, 0.05) is 56.0 Å². The van der Waals surface area contributed by atoms with Crippen LogP contribution in [0, 0.1) is 5.92 Å². The van der Waals surface area contributed by atoms with E-state index in [0.29, 0.717) is 50.3 Å². The first-order valence-electron chi connectivity index (χ1n) is 12.7. The standard InChI is InChI=1S/C26H38N6O3/c1-4-14-32-24(33)18-23(19-28-32)31-15-11-21(12-16-31)26(35)29-22-9-7-20(8-10-22)25(34)27-13-17-30(5-2)6-3/h7-10,18-19,21H,4-6,11-17H2,1-3H3,(H,27,34)(H,29,35). The number of likely N-dealkylation sites (N-methyl/N-ethyl adjacent to an activating group) is 1. The highest BCUT2D eigenvalue weighted by Gasteiger charge is 2.25. The zero-order valence-corrected chi connectivity index (χ0v) is 21.1. The van der Waals surface area contributed by atoms with E-state index in [-0.39, 0.29) is 23.3 Å². The Kier molecular flexibility index (Phi) is 9.84. The van der Waals surface area contributed by atoms with E-state index in [1.807, 2.05) is 6.92 Å². The number of hydrogen-bond donors (Lipinski definition) is 2. The second-order valence-electron chi connectivity index (χ2n) is 8.89. The van der Waals surface area contributed by atoms with E-state index < -0.39 is 0 Å². The second kappa shape index (κ2) is 13.0. The minimum atomic E-state index is -0.112. The zero-order valence-electron chi connectivity index (χ0n) is 21.1. The first-order valence-corrected chi connectivity index (χ1v) is 12.7. The van der Waals surface area contributed by atoms with Gasteiger partial charge in [-0.3, -0.25) is 14.4 Å². The molecular formula is C26H38N6O3. The molecule has 1 aliphatic heterocycles. The van der Waals surface area contributed by atoms with Gasteiger partial charge in [-0.05, 0) is 56.6 Å². The van der Waals surface area contributed by atoms with Gasteiger partial charge < -0.3 is 20.4 Å². The highest BCUT2D eigenvalue weighted by Crippen LogP contribution is 2.23. The molecule has 1 aliphatic rings. The molecule has 2 amide bonds. The van der Waals surface area contributed by atoms with Gasteiger partial charge in [0.2, 0.25) is 5.91 Å². The van der Waals surface area contributed by atoms with Crippen molar-refractivity contribution in [2.45, 2.75) is 46.6 Å². The Bertz CT molecular complexity index is 1020. The molecule has 2 aromatic rings. The predicted octanol–water partition coefficient (Wildman–Crippen LogP) is 2.58. The van der Waals surface area contributed by atoms with Crippen LogP contribution in [0.5, 0.6) is 0 Å². The van der Waals surface area contributed by atoms with E-state index in [4.69, 9.17) is 0 Å². The summed E-state index contributed by atoms with van der Waals surface area (Å²) in [4.78, 5) is 41.7. The molecule has 3 rings (SSSR count).